The fourth-order valence-corrected chi connectivity index (χ4v) is 5.62. The van der Waals surface area contributed by atoms with Gasteiger partial charge in [0.15, 0.2) is 10.2 Å². The van der Waals surface area contributed by atoms with Crippen molar-refractivity contribution in [3.8, 4) is 0 Å². The van der Waals surface area contributed by atoms with Crippen LogP contribution in [0.3, 0.4) is 0 Å². The predicted octanol–water partition coefficient (Wildman–Crippen LogP) is 6.39. The molecule has 1 aliphatic heterocycles. The molecule has 0 radical (unpaired) electrons. The Hall–Kier alpha value is -3.62. The van der Waals surface area contributed by atoms with Gasteiger partial charge in [-0.1, -0.05) is 61.2 Å². The average molecular weight is 529 g/mol. The molecule has 37 heavy (non-hydrogen) atoms. The number of rotatable bonds is 9. The maximum Gasteiger partial charge on any atom is 0.226 e. The highest BCUT2D eigenvalue weighted by Gasteiger charge is 2.41. The van der Waals surface area contributed by atoms with Crippen LogP contribution in [-0.2, 0) is 11.2 Å². The van der Waals surface area contributed by atoms with E-state index < -0.39 is 0 Å². The standard InChI is InChI=1S/C29H28N4O2S2/c1-2-20-10-6-7-13-22(20)31-25(34)17-19-33-28(27(32-29(33)36)23-14-8-9-18-30-23)24-15-16-26(35-24)37-21-11-4-3-5-12-21/h3-16,18,27-28H,2,17,19H2,1H3,(H,31,34)(H,32,36)/t27-,28+/m1/s1. The maximum atomic E-state index is 12.9. The molecule has 6 nitrogen and oxygen atoms in total. The van der Waals surface area contributed by atoms with Gasteiger partial charge in [-0.2, -0.15) is 0 Å². The van der Waals surface area contributed by atoms with E-state index in [0.717, 1.165) is 39.1 Å². The van der Waals surface area contributed by atoms with Crippen molar-refractivity contribution < 1.29 is 9.21 Å². The maximum absolute atomic E-state index is 12.9. The van der Waals surface area contributed by atoms with Crippen LogP contribution in [0.5, 0.6) is 0 Å². The molecule has 3 heterocycles. The summed E-state index contributed by atoms with van der Waals surface area (Å²) in [5, 5.41) is 7.86. The molecule has 1 aliphatic rings. The fourth-order valence-electron chi connectivity index (χ4n) is 4.49. The van der Waals surface area contributed by atoms with Gasteiger partial charge in [0, 0.05) is 29.7 Å². The minimum Gasteiger partial charge on any atom is -0.452 e. The molecular weight excluding hydrogens is 500 g/mol. The number of aromatic nitrogens is 1. The lowest BCUT2D eigenvalue weighted by Crippen LogP contribution is -2.32. The Morgan fingerprint density at radius 2 is 1.84 bits per heavy atom. The summed E-state index contributed by atoms with van der Waals surface area (Å²) in [5.41, 5.74) is 2.84. The van der Waals surface area contributed by atoms with Crippen LogP contribution in [0.25, 0.3) is 0 Å². The third-order valence-electron chi connectivity index (χ3n) is 6.31. The van der Waals surface area contributed by atoms with Crippen LogP contribution in [0.4, 0.5) is 5.69 Å². The van der Waals surface area contributed by atoms with Gasteiger partial charge >= 0.3 is 0 Å². The van der Waals surface area contributed by atoms with Crippen LogP contribution in [0.2, 0.25) is 0 Å². The minimum atomic E-state index is -0.233. The zero-order valence-corrected chi connectivity index (χ0v) is 22.1. The normalized spacial score (nSPS) is 17.0. The zero-order chi connectivity index (χ0) is 25.6. The number of nitrogens with one attached hydrogen (secondary N) is 2. The van der Waals surface area contributed by atoms with Gasteiger partial charge in [0.05, 0.1) is 11.7 Å². The number of hydrogen-bond donors (Lipinski definition) is 2. The fraction of sp³-hybridized carbons (Fsp3) is 0.207. The molecule has 1 amide bonds. The van der Waals surface area contributed by atoms with E-state index in [1.165, 1.54) is 0 Å². The highest BCUT2D eigenvalue weighted by Crippen LogP contribution is 2.41. The van der Waals surface area contributed by atoms with Gasteiger partial charge in [-0.15, -0.1) is 0 Å². The summed E-state index contributed by atoms with van der Waals surface area (Å²) in [7, 11) is 0. The average Bonchev–Trinajstić information content (AvgIpc) is 3.52. The zero-order valence-electron chi connectivity index (χ0n) is 20.5. The van der Waals surface area contributed by atoms with Crippen molar-refractivity contribution in [3.05, 3.63) is 108 Å². The lowest BCUT2D eigenvalue weighted by atomic mass is 10.0. The van der Waals surface area contributed by atoms with Gasteiger partial charge in [-0.25, -0.2) is 0 Å². The van der Waals surface area contributed by atoms with Crippen LogP contribution in [-0.4, -0.2) is 27.4 Å². The van der Waals surface area contributed by atoms with Gasteiger partial charge in [-0.3, -0.25) is 9.78 Å². The molecule has 0 saturated carbocycles. The number of benzene rings is 2. The molecule has 0 bridgehead atoms. The van der Waals surface area contributed by atoms with E-state index >= 15 is 0 Å². The predicted molar refractivity (Wildman–Crippen MR) is 150 cm³/mol. The van der Waals surface area contributed by atoms with Gasteiger partial charge in [0.25, 0.3) is 0 Å². The molecule has 2 aromatic heterocycles. The Labute approximate surface area is 226 Å². The second-order valence-electron chi connectivity index (χ2n) is 8.70. The second kappa shape index (κ2) is 11.6. The number of pyridine rings is 1. The smallest absolute Gasteiger partial charge is 0.226 e. The molecular formula is C29H28N4O2S2. The summed E-state index contributed by atoms with van der Waals surface area (Å²) < 4.78 is 6.33. The van der Waals surface area contributed by atoms with Gasteiger partial charge in [-0.05, 0) is 66.7 Å². The molecule has 5 rings (SSSR count). The number of para-hydroxylation sites is 1. The van der Waals surface area contributed by atoms with Crippen molar-refractivity contribution in [1.29, 1.82) is 0 Å². The van der Waals surface area contributed by atoms with Gasteiger partial charge in [0.2, 0.25) is 5.91 Å². The molecule has 2 aromatic carbocycles. The van der Waals surface area contributed by atoms with Crippen LogP contribution >= 0.6 is 24.0 Å². The Morgan fingerprint density at radius 1 is 1.05 bits per heavy atom. The van der Waals surface area contributed by atoms with E-state index in [1.54, 1.807) is 18.0 Å². The molecule has 0 aliphatic carbocycles. The monoisotopic (exact) mass is 528 g/mol. The lowest BCUT2D eigenvalue weighted by molar-refractivity contribution is -0.116. The lowest BCUT2D eigenvalue weighted by Gasteiger charge is -2.25. The van der Waals surface area contributed by atoms with E-state index in [2.05, 4.69) is 34.7 Å². The highest BCUT2D eigenvalue weighted by atomic mass is 32.2. The van der Waals surface area contributed by atoms with E-state index in [0.29, 0.717) is 11.7 Å². The molecule has 1 saturated heterocycles. The summed E-state index contributed by atoms with van der Waals surface area (Å²) in [6.45, 7) is 2.52. The quantitative estimate of drug-likeness (QED) is 0.244. The molecule has 0 unspecified atom stereocenters. The summed E-state index contributed by atoms with van der Waals surface area (Å²) in [5.74, 6) is 0.724. The SMILES string of the molecule is CCc1ccccc1NC(=O)CCN1C(=S)N[C@H](c2ccccn2)[C@@H]1c1ccc(Sc2ccccc2)o1. The number of aryl methyl sites for hydroxylation is 1. The molecule has 1 fully saturated rings. The van der Waals surface area contributed by atoms with Crippen LogP contribution in [0, 0.1) is 0 Å². The number of furan rings is 1. The second-order valence-corrected chi connectivity index (χ2v) is 10.2. The first-order chi connectivity index (χ1) is 18.1. The summed E-state index contributed by atoms with van der Waals surface area (Å²) in [4.78, 5) is 20.6. The number of carbonyl (C=O) groups excluding carboxylic acids is 1. The number of thiocarbonyl (C=S) groups is 1. The molecule has 0 spiro atoms. The van der Waals surface area contributed by atoms with Crippen molar-refractivity contribution >= 4 is 40.7 Å². The van der Waals surface area contributed by atoms with Gasteiger partial charge < -0.3 is 20.0 Å². The van der Waals surface area contributed by atoms with Crippen molar-refractivity contribution in [3.63, 3.8) is 0 Å². The van der Waals surface area contributed by atoms with E-state index in [9.17, 15) is 4.79 Å². The summed E-state index contributed by atoms with van der Waals surface area (Å²) >= 11 is 7.31. The molecule has 8 heteroatoms. The summed E-state index contributed by atoms with van der Waals surface area (Å²) in [6.07, 6.45) is 2.92. The van der Waals surface area contributed by atoms with E-state index in [4.69, 9.17) is 16.6 Å². The Balaban J connectivity index is 1.36. The number of amides is 1. The van der Waals surface area contributed by atoms with Crippen molar-refractivity contribution in [2.45, 2.75) is 41.8 Å². The largest absolute Gasteiger partial charge is 0.452 e. The Morgan fingerprint density at radius 3 is 2.62 bits per heavy atom. The minimum absolute atomic E-state index is 0.0523. The van der Waals surface area contributed by atoms with Crippen LogP contribution < -0.4 is 10.6 Å². The third kappa shape index (κ3) is 5.87. The number of hydrogen-bond acceptors (Lipinski definition) is 5. The van der Waals surface area contributed by atoms with Crippen LogP contribution in [0.15, 0.2) is 106 Å². The van der Waals surface area contributed by atoms with Gasteiger partial charge in [0.1, 0.15) is 11.8 Å². The molecule has 188 valence electrons. The molecule has 2 N–H and O–H groups in total. The Bertz CT molecular complexity index is 1360. The first kappa shape index (κ1) is 25.0. The van der Waals surface area contributed by atoms with Crippen molar-refractivity contribution in [2.75, 3.05) is 11.9 Å². The first-order valence-corrected chi connectivity index (χ1v) is 13.5. The van der Waals surface area contributed by atoms with E-state index in [1.807, 2.05) is 77.7 Å². The van der Waals surface area contributed by atoms with Crippen LogP contribution in [0.1, 0.15) is 42.4 Å². The number of anilines is 1. The summed E-state index contributed by atoms with van der Waals surface area (Å²) in [6, 6.07) is 27.4. The van der Waals surface area contributed by atoms with Crippen molar-refractivity contribution in [2.24, 2.45) is 0 Å². The van der Waals surface area contributed by atoms with E-state index in [-0.39, 0.29) is 24.4 Å². The number of carbonyl (C=O) groups is 1. The first-order valence-electron chi connectivity index (χ1n) is 12.3. The third-order valence-corrected chi connectivity index (χ3v) is 7.59. The molecule has 2 atom stereocenters. The topological polar surface area (TPSA) is 70.4 Å². The molecule has 4 aromatic rings. The highest BCUT2D eigenvalue weighted by molar-refractivity contribution is 7.99. The number of nitrogens with zero attached hydrogens (tertiary/aromatic N) is 2. The van der Waals surface area contributed by atoms with Crippen molar-refractivity contribution in [1.82, 2.24) is 15.2 Å². The Kier molecular flexibility index (Phi) is 7.87.